The number of nitrogens with zero attached hydrogens (tertiary/aromatic N) is 1. The summed E-state index contributed by atoms with van der Waals surface area (Å²) in [6.45, 7) is 1.92. The van der Waals surface area contributed by atoms with Crippen LogP contribution in [0.5, 0.6) is 0 Å². The SMILES string of the molecule is Cc1ccc(Cl)cc1Nc1ccc(F)cc1C#N. The molecule has 4 heteroatoms. The Bertz CT molecular complexity index is 632. The molecular weight excluding hydrogens is 251 g/mol. The van der Waals surface area contributed by atoms with E-state index in [4.69, 9.17) is 16.9 Å². The Hall–Kier alpha value is -2.05. The van der Waals surface area contributed by atoms with Crippen molar-refractivity contribution in [3.05, 3.63) is 58.4 Å². The van der Waals surface area contributed by atoms with Crippen molar-refractivity contribution in [1.82, 2.24) is 0 Å². The lowest BCUT2D eigenvalue weighted by atomic mass is 10.1. The van der Waals surface area contributed by atoms with E-state index in [1.54, 1.807) is 12.1 Å². The molecule has 18 heavy (non-hydrogen) atoms. The zero-order valence-corrected chi connectivity index (χ0v) is 10.4. The van der Waals surface area contributed by atoms with E-state index in [0.29, 0.717) is 10.7 Å². The summed E-state index contributed by atoms with van der Waals surface area (Å²) in [5, 5.41) is 12.6. The third kappa shape index (κ3) is 2.61. The molecule has 2 rings (SSSR count). The number of hydrogen-bond acceptors (Lipinski definition) is 2. The number of anilines is 2. The van der Waals surface area contributed by atoms with Gasteiger partial charge in [0.2, 0.25) is 0 Å². The first-order valence-corrected chi connectivity index (χ1v) is 5.71. The monoisotopic (exact) mass is 260 g/mol. The number of halogens is 2. The number of aryl methyl sites for hydroxylation is 1. The Morgan fingerprint density at radius 3 is 2.67 bits per heavy atom. The minimum absolute atomic E-state index is 0.259. The van der Waals surface area contributed by atoms with Gasteiger partial charge in [0.25, 0.3) is 0 Å². The molecule has 0 saturated heterocycles. The summed E-state index contributed by atoms with van der Waals surface area (Å²) in [7, 11) is 0. The molecule has 2 nitrogen and oxygen atoms in total. The van der Waals surface area contributed by atoms with Gasteiger partial charge in [0.05, 0.1) is 11.3 Å². The highest BCUT2D eigenvalue weighted by Gasteiger charge is 2.06. The molecule has 90 valence electrons. The summed E-state index contributed by atoms with van der Waals surface area (Å²) in [4.78, 5) is 0. The quantitative estimate of drug-likeness (QED) is 0.869. The predicted molar refractivity (Wildman–Crippen MR) is 70.6 cm³/mol. The largest absolute Gasteiger partial charge is 0.354 e. The Balaban J connectivity index is 2.40. The minimum atomic E-state index is -0.431. The van der Waals surface area contributed by atoms with Gasteiger partial charge in [0, 0.05) is 10.7 Å². The van der Waals surface area contributed by atoms with Crippen molar-refractivity contribution >= 4 is 23.0 Å². The van der Waals surface area contributed by atoms with Gasteiger partial charge in [-0.15, -0.1) is 0 Å². The first kappa shape index (κ1) is 12.4. The fourth-order valence-corrected chi connectivity index (χ4v) is 1.76. The molecule has 0 aliphatic carbocycles. The van der Waals surface area contributed by atoms with E-state index in [-0.39, 0.29) is 5.56 Å². The molecule has 2 aromatic rings. The second kappa shape index (κ2) is 5.07. The van der Waals surface area contributed by atoms with Crippen LogP contribution in [0.15, 0.2) is 36.4 Å². The normalized spacial score (nSPS) is 9.89. The van der Waals surface area contributed by atoms with Crippen LogP contribution in [0.3, 0.4) is 0 Å². The van der Waals surface area contributed by atoms with E-state index in [2.05, 4.69) is 5.32 Å². The van der Waals surface area contributed by atoms with Crippen LogP contribution in [-0.2, 0) is 0 Å². The van der Waals surface area contributed by atoms with Crippen molar-refractivity contribution in [3.63, 3.8) is 0 Å². The van der Waals surface area contributed by atoms with Gasteiger partial charge >= 0.3 is 0 Å². The Kier molecular flexibility index (Phi) is 3.50. The van der Waals surface area contributed by atoms with E-state index >= 15 is 0 Å². The molecular formula is C14H10ClFN2. The third-order valence-corrected chi connectivity index (χ3v) is 2.81. The molecule has 0 amide bonds. The third-order valence-electron chi connectivity index (χ3n) is 2.57. The molecule has 2 aromatic carbocycles. The van der Waals surface area contributed by atoms with Gasteiger partial charge < -0.3 is 5.32 Å². The smallest absolute Gasteiger partial charge is 0.124 e. The van der Waals surface area contributed by atoms with Crippen LogP contribution < -0.4 is 5.32 Å². The lowest BCUT2D eigenvalue weighted by molar-refractivity contribution is 0.627. The van der Waals surface area contributed by atoms with Crippen LogP contribution in [0.1, 0.15) is 11.1 Å². The van der Waals surface area contributed by atoms with Crippen molar-refractivity contribution in [2.24, 2.45) is 0 Å². The molecule has 0 saturated carbocycles. The summed E-state index contributed by atoms with van der Waals surface area (Å²) in [6.07, 6.45) is 0. The van der Waals surface area contributed by atoms with Crippen molar-refractivity contribution in [2.75, 3.05) is 5.32 Å². The fraction of sp³-hybridized carbons (Fsp3) is 0.0714. The summed E-state index contributed by atoms with van der Waals surface area (Å²) in [5.41, 5.74) is 2.61. The number of hydrogen-bond donors (Lipinski definition) is 1. The van der Waals surface area contributed by atoms with Gasteiger partial charge in [-0.2, -0.15) is 5.26 Å². The number of benzene rings is 2. The Morgan fingerprint density at radius 1 is 1.17 bits per heavy atom. The topological polar surface area (TPSA) is 35.8 Å². The van der Waals surface area contributed by atoms with E-state index < -0.39 is 5.82 Å². The standard InChI is InChI=1S/C14H10ClFN2/c1-9-2-3-11(15)7-14(9)18-13-5-4-12(16)6-10(13)8-17/h2-7,18H,1H3. The molecule has 0 radical (unpaired) electrons. The second-order valence-corrected chi connectivity index (χ2v) is 4.32. The van der Waals surface area contributed by atoms with Gasteiger partial charge in [-0.25, -0.2) is 4.39 Å². The molecule has 0 aliphatic rings. The zero-order chi connectivity index (χ0) is 13.1. The van der Waals surface area contributed by atoms with Gasteiger partial charge in [0.15, 0.2) is 0 Å². The van der Waals surface area contributed by atoms with E-state index in [1.165, 1.54) is 18.2 Å². The molecule has 0 aliphatic heterocycles. The number of rotatable bonds is 2. The molecule has 0 bridgehead atoms. The fourth-order valence-electron chi connectivity index (χ4n) is 1.59. The minimum Gasteiger partial charge on any atom is -0.354 e. The lowest BCUT2D eigenvalue weighted by Gasteiger charge is -2.11. The second-order valence-electron chi connectivity index (χ2n) is 3.89. The molecule has 0 spiro atoms. The van der Waals surface area contributed by atoms with E-state index in [9.17, 15) is 4.39 Å². The summed E-state index contributed by atoms with van der Waals surface area (Å²) in [6, 6.07) is 11.4. The van der Waals surface area contributed by atoms with Crippen LogP contribution in [0.2, 0.25) is 5.02 Å². The summed E-state index contributed by atoms with van der Waals surface area (Å²) < 4.78 is 13.0. The number of nitrogens with one attached hydrogen (secondary N) is 1. The lowest BCUT2D eigenvalue weighted by Crippen LogP contribution is -1.96. The summed E-state index contributed by atoms with van der Waals surface area (Å²) in [5.74, 6) is -0.431. The van der Waals surface area contributed by atoms with Crippen molar-refractivity contribution in [2.45, 2.75) is 6.92 Å². The highest BCUT2D eigenvalue weighted by molar-refractivity contribution is 6.30. The van der Waals surface area contributed by atoms with E-state index in [0.717, 1.165) is 11.3 Å². The molecule has 0 atom stereocenters. The van der Waals surface area contributed by atoms with Crippen molar-refractivity contribution in [3.8, 4) is 6.07 Å². The highest BCUT2D eigenvalue weighted by atomic mass is 35.5. The predicted octanol–water partition coefficient (Wildman–Crippen LogP) is 4.40. The van der Waals surface area contributed by atoms with Crippen LogP contribution >= 0.6 is 11.6 Å². The van der Waals surface area contributed by atoms with Gasteiger partial charge in [0.1, 0.15) is 11.9 Å². The average Bonchev–Trinajstić information content (AvgIpc) is 2.36. The maximum atomic E-state index is 13.0. The van der Waals surface area contributed by atoms with Crippen LogP contribution in [-0.4, -0.2) is 0 Å². The Morgan fingerprint density at radius 2 is 1.94 bits per heavy atom. The van der Waals surface area contributed by atoms with E-state index in [1.807, 2.05) is 19.1 Å². The molecule has 0 heterocycles. The van der Waals surface area contributed by atoms with Crippen LogP contribution in [0, 0.1) is 24.1 Å². The maximum Gasteiger partial charge on any atom is 0.124 e. The first-order chi connectivity index (χ1) is 8.60. The van der Waals surface area contributed by atoms with Crippen LogP contribution in [0.4, 0.5) is 15.8 Å². The number of nitriles is 1. The van der Waals surface area contributed by atoms with Crippen molar-refractivity contribution < 1.29 is 4.39 Å². The molecule has 0 fully saturated rings. The summed E-state index contributed by atoms with van der Waals surface area (Å²) >= 11 is 5.92. The van der Waals surface area contributed by atoms with Gasteiger partial charge in [-0.3, -0.25) is 0 Å². The van der Waals surface area contributed by atoms with Gasteiger partial charge in [-0.1, -0.05) is 17.7 Å². The zero-order valence-electron chi connectivity index (χ0n) is 9.67. The average molecular weight is 261 g/mol. The molecule has 0 unspecified atom stereocenters. The Labute approximate surface area is 110 Å². The maximum absolute atomic E-state index is 13.0. The first-order valence-electron chi connectivity index (χ1n) is 5.33. The highest BCUT2D eigenvalue weighted by Crippen LogP contribution is 2.26. The van der Waals surface area contributed by atoms with Crippen LogP contribution in [0.25, 0.3) is 0 Å². The molecule has 0 aromatic heterocycles. The molecule has 1 N–H and O–H groups in total. The van der Waals surface area contributed by atoms with Crippen molar-refractivity contribution in [1.29, 1.82) is 5.26 Å². The van der Waals surface area contributed by atoms with Gasteiger partial charge in [-0.05, 0) is 42.8 Å².